The zero-order valence-electron chi connectivity index (χ0n) is 24.3. The maximum Gasteiger partial charge on any atom is 0.349 e. The first kappa shape index (κ1) is 29.3. The van der Waals surface area contributed by atoms with Crippen molar-refractivity contribution in [3.63, 3.8) is 0 Å². The molecule has 0 saturated carbocycles. The van der Waals surface area contributed by atoms with Crippen LogP contribution < -0.4 is 29.4 Å². The molecule has 4 rings (SSSR count). The highest BCUT2D eigenvalue weighted by molar-refractivity contribution is 5.74. The van der Waals surface area contributed by atoms with Crippen LogP contribution in [-0.2, 0) is 10.2 Å². The van der Waals surface area contributed by atoms with Gasteiger partial charge >= 0.3 is 5.97 Å². The quantitative estimate of drug-likeness (QED) is 0.244. The minimum absolute atomic E-state index is 0.0189. The average Bonchev–Trinajstić information content (AvgIpc) is 2.93. The van der Waals surface area contributed by atoms with Gasteiger partial charge in [-0.25, -0.2) is 4.79 Å². The number of ether oxygens (including phenoxy) is 5. The molecule has 3 aromatic rings. The molecule has 0 radical (unpaired) electrons. The lowest BCUT2D eigenvalue weighted by atomic mass is 9.83. The van der Waals surface area contributed by atoms with Crippen LogP contribution in [0.1, 0.15) is 57.2 Å². The first-order chi connectivity index (χ1) is 19.5. The van der Waals surface area contributed by atoms with Crippen LogP contribution in [0, 0.1) is 17.2 Å². The van der Waals surface area contributed by atoms with E-state index in [-0.39, 0.29) is 29.2 Å². The molecule has 0 aliphatic carbocycles. The van der Waals surface area contributed by atoms with Gasteiger partial charge in [-0.15, -0.1) is 0 Å². The van der Waals surface area contributed by atoms with Gasteiger partial charge in [-0.3, -0.25) is 0 Å². The average molecular weight is 557 g/mol. The predicted molar refractivity (Wildman–Crippen MR) is 155 cm³/mol. The summed E-state index contributed by atoms with van der Waals surface area (Å²) >= 11 is 0. The lowest BCUT2D eigenvalue weighted by Gasteiger charge is -2.27. The van der Waals surface area contributed by atoms with Crippen molar-refractivity contribution in [3.8, 4) is 34.8 Å². The van der Waals surface area contributed by atoms with Crippen LogP contribution in [0.15, 0.2) is 72.1 Å². The smallest absolute Gasteiger partial charge is 0.349 e. The van der Waals surface area contributed by atoms with Gasteiger partial charge in [-0.2, -0.15) is 5.26 Å². The number of hydrogen-bond donors (Lipinski definition) is 1. The van der Waals surface area contributed by atoms with Crippen LogP contribution in [0.5, 0.6) is 28.7 Å². The monoisotopic (exact) mass is 556 g/mol. The summed E-state index contributed by atoms with van der Waals surface area (Å²) in [5.41, 5.74) is 9.10. The Morgan fingerprint density at radius 3 is 2.34 bits per heavy atom. The Bertz CT molecular complexity index is 1480. The van der Waals surface area contributed by atoms with Crippen LogP contribution in [0.25, 0.3) is 0 Å². The molecule has 0 saturated heterocycles. The van der Waals surface area contributed by atoms with E-state index in [2.05, 4.69) is 40.7 Å². The number of nitrogens with two attached hydrogens (primary N) is 1. The molecule has 0 fully saturated rings. The minimum atomic E-state index is -0.569. The van der Waals surface area contributed by atoms with Crippen molar-refractivity contribution in [2.75, 3.05) is 20.3 Å². The largest absolute Gasteiger partial charge is 0.493 e. The number of nitriles is 1. The van der Waals surface area contributed by atoms with Crippen molar-refractivity contribution in [1.29, 1.82) is 5.26 Å². The van der Waals surface area contributed by atoms with Gasteiger partial charge in [0, 0.05) is 11.6 Å². The topological polar surface area (TPSA) is 113 Å². The van der Waals surface area contributed by atoms with E-state index >= 15 is 0 Å². The molecule has 1 aliphatic heterocycles. The van der Waals surface area contributed by atoms with Crippen LogP contribution in [0.2, 0.25) is 0 Å². The molecule has 214 valence electrons. The van der Waals surface area contributed by atoms with Gasteiger partial charge in [0.05, 0.1) is 19.6 Å². The Morgan fingerprint density at radius 1 is 1.00 bits per heavy atom. The van der Waals surface area contributed by atoms with Gasteiger partial charge in [-0.1, -0.05) is 58.9 Å². The molecule has 0 amide bonds. The van der Waals surface area contributed by atoms with Crippen LogP contribution in [0.3, 0.4) is 0 Å². The third-order valence-corrected chi connectivity index (χ3v) is 6.59. The molecule has 1 atom stereocenters. The molecule has 0 aromatic heterocycles. The first-order valence-electron chi connectivity index (χ1n) is 13.5. The van der Waals surface area contributed by atoms with E-state index in [9.17, 15) is 10.1 Å². The van der Waals surface area contributed by atoms with Crippen molar-refractivity contribution in [1.82, 2.24) is 0 Å². The van der Waals surface area contributed by atoms with E-state index < -0.39 is 11.9 Å². The number of benzene rings is 3. The van der Waals surface area contributed by atoms with Gasteiger partial charge in [0.25, 0.3) is 0 Å². The van der Waals surface area contributed by atoms with E-state index in [1.54, 1.807) is 25.3 Å². The number of esters is 1. The molecular formula is C33H36N2O6. The summed E-state index contributed by atoms with van der Waals surface area (Å²) < 4.78 is 28.4. The number of rotatable bonds is 9. The Morgan fingerprint density at radius 2 is 1.71 bits per heavy atom. The summed E-state index contributed by atoms with van der Waals surface area (Å²) in [6.45, 7) is 10.8. The highest BCUT2D eigenvalue weighted by atomic mass is 16.6. The summed E-state index contributed by atoms with van der Waals surface area (Å²) in [5, 5.41) is 9.92. The van der Waals surface area contributed by atoms with Crippen LogP contribution in [-0.4, -0.2) is 26.3 Å². The van der Waals surface area contributed by atoms with E-state index in [0.717, 1.165) is 5.56 Å². The molecule has 0 spiro atoms. The molecule has 1 aliphatic rings. The highest BCUT2D eigenvalue weighted by Crippen LogP contribution is 2.45. The molecule has 8 nitrogen and oxygen atoms in total. The molecule has 3 aromatic carbocycles. The number of fused-ring (bicyclic) bond motifs is 1. The summed E-state index contributed by atoms with van der Waals surface area (Å²) in [5.74, 6) is 1.63. The fourth-order valence-electron chi connectivity index (χ4n) is 4.44. The van der Waals surface area contributed by atoms with Crippen LogP contribution >= 0.6 is 0 Å². The predicted octanol–water partition coefficient (Wildman–Crippen LogP) is 6.23. The second kappa shape index (κ2) is 12.3. The number of methoxy groups -OCH3 is 1. The zero-order valence-corrected chi connectivity index (χ0v) is 24.3. The molecule has 0 bridgehead atoms. The van der Waals surface area contributed by atoms with Crippen molar-refractivity contribution in [2.24, 2.45) is 11.7 Å². The molecule has 1 heterocycles. The van der Waals surface area contributed by atoms with E-state index in [0.29, 0.717) is 41.1 Å². The Labute approximate surface area is 241 Å². The molecule has 2 N–H and O–H groups in total. The molecule has 1 unspecified atom stereocenters. The molecular weight excluding hydrogens is 520 g/mol. The Hall–Kier alpha value is -4.64. The van der Waals surface area contributed by atoms with Gasteiger partial charge in [0.1, 0.15) is 28.9 Å². The third kappa shape index (κ3) is 6.93. The van der Waals surface area contributed by atoms with Crippen molar-refractivity contribution < 1.29 is 28.5 Å². The second-order valence-electron chi connectivity index (χ2n) is 11.3. The van der Waals surface area contributed by atoms with Gasteiger partial charge < -0.3 is 29.4 Å². The number of allylic oxidation sites excluding steroid dienone is 1. The lowest BCUT2D eigenvalue weighted by molar-refractivity contribution is -0.136. The Balaban J connectivity index is 1.52. The van der Waals surface area contributed by atoms with E-state index in [4.69, 9.17) is 29.4 Å². The second-order valence-corrected chi connectivity index (χ2v) is 11.3. The number of carbonyl (C=O) groups excluding carboxylic acids is 1. The molecule has 41 heavy (non-hydrogen) atoms. The summed E-state index contributed by atoms with van der Waals surface area (Å²) in [4.78, 5) is 12.5. The number of carbonyl (C=O) groups is 1. The minimum Gasteiger partial charge on any atom is -0.493 e. The first-order valence-corrected chi connectivity index (χ1v) is 13.5. The fourth-order valence-corrected chi connectivity index (χ4v) is 4.44. The summed E-state index contributed by atoms with van der Waals surface area (Å²) in [6.07, 6.45) is 0. The van der Waals surface area contributed by atoms with Crippen molar-refractivity contribution in [3.05, 3.63) is 88.8 Å². The van der Waals surface area contributed by atoms with E-state index in [1.165, 1.54) is 5.56 Å². The normalized spacial score (nSPS) is 14.5. The summed E-state index contributed by atoms with van der Waals surface area (Å²) in [6, 6.07) is 20.3. The van der Waals surface area contributed by atoms with Crippen molar-refractivity contribution in [2.45, 2.75) is 46.0 Å². The van der Waals surface area contributed by atoms with E-state index in [1.807, 2.05) is 42.5 Å². The third-order valence-electron chi connectivity index (χ3n) is 6.59. The maximum atomic E-state index is 12.5. The van der Waals surface area contributed by atoms with Gasteiger partial charge in [0.2, 0.25) is 5.88 Å². The van der Waals surface area contributed by atoms with Gasteiger partial charge in [0.15, 0.2) is 18.1 Å². The SMILES string of the molecule is COc1cc(C2C(C#N)=C(N)Oc3cc(OC(=O)COc4ccc(C(C)(C)C)cc4)ccc32)ccc1OCC(C)C. The fraction of sp³-hybridized carbons (Fsp3) is 0.333. The van der Waals surface area contributed by atoms with Gasteiger partial charge in [-0.05, 0) is 52.8 Å². The maximum absolute atomic E-state index is 12.5. The summed E-state index contributed by atoms with van der Waals surface area (Å²) in [7, 11) is 1.57. The highest BCUT2D eigenvalue weighted by Gasteiger charge is 2.32. The standard InChI is InChI=1S/C33H36N2O6/c1-20(2)18-39-27-14-7-21(15-29(27)37-6)31-25-13-12-24(16-28(25)41-32(35)26(31)17-34)40-30(36)19-38-23-10-8-22(9-11-23)33(3,4)5/h7-16,20,31H,18-19,35H2,1-6H3. The van der Waals surface area contributed by atoms with Crippen LogP contribution in [0.4, 0.5) is 0 Å². The lowest BCUT2D eigenvalue weighted by Crippen LogP contribution is -2.22. The number of nitrogens with zero attached hydrogens (tertiary/aromatic N) is 1. The molecule has 8 heteroatoms. The van der Waals surface area contributed by atoms with Crippen molar-refractivity contribution >= 4 is 5.97 Å². The zero-order chi connectivity index (χ0) is 29.7. The number of hydrogen-bond acceptors (Lipinski definition) is 8. The Kier molecular flexibility index (Phi) is 8.77.